The van der Waals surface area contributed by atoms with Gasteiger partial charge >= 0.3 is 5.63 Å². The fourth-order valence-corrected chi connectivity index (χ4v) is 4.24. The van der Waals surface area contributed by atoms with Gasteiger partial charge in [0.05, 0.1) is 23.7 Å². The number of aliphatic hydroxyl groups excluding tert-OH is 1. The number of sulfone groups is 1. The lowest BCUT2D eigenvalue weighted by Crippen LogP contribution is -2.44. The summed E-state index contributed by atoms with van der Waals surface area (Å²) >= 11 is 0. The highest BCUT2D eigenvalue weighted by atomic mass is 32.2. The maximum atomic E-state index is 11.8. The minimum Gasteiger partial charge on any atom is -0.484 e. The van der Waals surface area contributed by atoms with Gasteiger partial charge in [-0.05, 0) is 18.2 Å². The molecule has 0 bridgehead atoms. The molecule has 2 aromatic rings. The predicted molar refractivity (Wildman–Crippen MR) is 84.6 cm³/mol. The van der Waals surface area contributed by atoms with Gasteiger partial charge < -0.3 is 19.6 Å². The molecule has 2 atom stereocenters. The van der Waals surface area contributed by atoms with Crippen molar-refractivity contribution in [2.45, 2.75) is 12.1 Å². The molecule has 24 heavy (non-hydrogen) atoms. The van der Waals surface area contributed by atoms with Crippen molar-refractivity contribution in [1.82, 2.24) is 5.32 Å². The Morgan fingerprint density at radius 3 is 2.75 bits per heavy atom. The first-order valence-electron chi connectivity index (χ1n) is 7.17. The molecule has 3 rings (SSSR count). The third-order valence-corrected chi connectivity index (χ3v) is 5.35. The van der Waals surface area contributed by atoms with Gasteiger partial charge in [0.1, 0.15) is 11.3 Å². The predicted octanol–water partition coefficient (Wildman–Crippen LogP) is -0.554. The lowest BCUT2D eigenvalue weighted by Gasteiger charge is -2.15. The third-order valence-electron chi connectivity index (χ3n) is 3.63. The Balaban J connectivity index is 1.61. The number of carbonyl (C=O) groups is 1. The fraction of sp³-hybridized carbons (Fsp3) is 0.333. The smallest absolute Gasteiger partial charge is 0.336 e. The summed E-state index contributed by atoms with van der Waals surface area (Å²) in [5, 5.41) is 12.8. The molecule has 0 unspecified atom stereocenters. The molecule has 1 aromatic heterocycles. The van der Waals surface area contributed by atoms with Crippen LogP contribution in [0.2, 0.25) is 0 Å². The van der Waals surface area contributed by atoms with E-state index in [0.29, 0.717) is 16.7 Å². The monoisotopic (exact) mass is 353 g/mol. The van der Waals surface area contributed by atoms with Crippen LogP contribution in [0.1, 0.15) is 0 Å². The zero-order valence-electron chi connectivity index (χ0n) is 12.5. The maximum Gasteiger partial charge on any atom is 0.336 e. The average Bonchev–Trinajstić information content (AvgIpc) is 2.76. The number of nitrogens with one attached hydrogen (secondary N) is 1. The van der Waals surface area contributed by atoms with Crippen molar-refractivity contribution >= 4 is 26.7 Å². The first-order valence-corrected chi connectivity index (χ1v) is 8.99. The minimum absolute atomic E-state index is 0.291. The molecule has 2 N–H and O–H groups in total. The lowest BCUT2D eigenvalue weighted by molar-refractivity contribution is -0.124. The molecule has 1 aliphatic rings. The van der Waals surface area contributed by atoms with E-state index in [4.69, 9.17) is 9.15 Å². The minimum atomic E-state index is -3.33. The molecule has 0 saturated carbocycles. The number of aliphatic hydroxyl groups is 1. The van der Waals surface area contributed by atoms with Crippen molar-refractivity contribution in [2.24, 2.45) is 0 Å². The summed E-state index contributed by atoms with van der Waals surface area (Å²) in [4.78, 5) is 23.0. The zero-order chi connectivity index (χ0) is 17.3. The van der Waals surface area contributed by atoms with Crippen LogP contribution in [0, 0.1) is 0 Å². The summed E-state index contributed by atoms with van der Waals surface area (Å²) in [7, 11) is -3.33. The molecule has 0 aliphatic carbocycles. The summed E-state index contributed by atoms with van der Waals surface area (Å²) in [6.45, 7) is -0.355. The average molecular weight is 353 g/mol. The van der Waals surface area contributed by atoms with Crippen LogP contribution in [0.15, 0.2) is 39.5 Å². The van der Waals surface area contributed by atoms with Gasteiger partial charge in [-0.3, -0.25) is 4.79 Å². The van der Waals surface area contributed by atoms with Gasteiger partial charge in [-0.2, -0.15) is 0 Å². The van der Waals surface area contributed by atoms with Gasteiger partial charge in [0.15, 0.2) is 16.4 Å². The fourth-order valence-electron chi connectivity index (χ4n) is 2.49. The number of hydrogen-bond donors (Lipinski definition) is 2. The van der Waals surface area contributed by atoms with Crippen LogP contribution in [-0.4, -0.2) is 49.7 Å². The number of carbonyl (C=O) groups excluding carboxylic acids is 1. The van der Waals surface area contributed by atoms with Crippen LogP contribution < -0.4 is 15.7 Å². The molecule has 128 valence electrons. The van der Waals surface area contributed by atoms with Crippen molar-refractivity contribution in [3.63, 3.8) is 0 Å². The molecule has 1 fully saturated rings. The Morgan fingerprint density at radius 1 is 1.29 bits per heavy atom. The van der Waals surface area contributed by atoms with Gasteiger partial charge in [0, 0.05) is 17.5 Å². The van der Waals surface area contributed by atoms with Crippen LogP contribution in [0.5, 0.6) is 5.75 Å². The molecule has 1 amide bonds. The van der Waals surface area contributed by atoms with Crippen LogP contribution in [0.4, 0.5) is 0 Å². The molecule has 1 aromatic carbocycles. The summed E-state index contributed by atoms with van der Waals surface area (Å²) in [5.41, 5.74) is -0.161. The summed E-state index contributed by atoms with van der Waals surface area (Å²) < 4.78 is 33.1. The van der Waals surface area contributed by atoms with Crippen molar-refractivity contribution in [1.29, 1.82) is 0 Å². The van der Waals surface area contributed by atoms with Crippen molar-refractivity contribution in [2.75, 3.05) is 18.1 Å². The lowest BCUT2D eigenvalue weighted by atomic mass is 10.2. The molecular formula is C15H15NO7S. The number of amides is 1. The van der Waals surface area contributed by atoms with Gasteiger partial charge in [-0.15, -0.1) is 0 Å². The Labute approximate surface area is 137 Å². The van der Waals surface area contributed by atoms with Crippen molar-refractivity contribution in [3.05, 3.63) is 40.8 Å². The summed E-state index contributed by atoms with van der Waals surface area (Å²) in [6.07, 6.45) is -1.12. The Morgan fingerprint density at radius 2 is 2.04 bits per heavy atom. The van der Waals surface area contributed by atoms with Crippen LogP contribution in [0.3, 0.4) is 0 Å². The summed E-state index contributed by atoms with van der Waals surface area (Å²) in [5.74, 6) is -0.874. The van der Waals surface area contributed by atoms with E-state index in [9.17, 15) is 23.1 Å². The molecule has 8 nitrogen and oxygen atoms in total. The molecule has 1 aliphatic heterocycles. The highest BCUT2D eigenvalue weighted by molar-refractivity contribution is 7.91. The van der Waals surface area contributed by atoms with Gasteiger partial charge in [-0.25, -0.2) is 13.2 Å². The van der Waals surface area contributed by atoms with Crippen molar-refractivity contribution in [3.8, 4) is 5.75 Å². The zero-order valence-corrected chi connectivity index (χ0v) is 13.3. The SMILES string of the molecule is O=C(COc1ccc2ccc(=O)oc2c1)N[C@@H]1CS(=O)(=O)C[C@H]1O. The number of rotatable bonds is 4. The standard InChI is InChI=1S/C15H15NO7S/c17-12-8-24(20,21)7-11(12)16-14(18)6-22-10-3-1-9-2-4-15(19)23-13(9)5-10/h1-5,11-12,17H,6-8H2,(H,16,18)/t11-,12-/m1/s1. The van der Waals surface area contributed by atoms with Crippen molar-refractivity contribution < 1.29 is 27.5 Å². The second kappa shape index (κ2) is 6.25. The van der Waals surface area contributed by atoms with E-state index in [1.54, 1.807) is 18.2 Å². The van der Waals surface area contributed by atoms with Crippen LogP contribution >= 0.6 is 0 Å². The number of fused-ring (bicyclic) bond motifs is 1. The van der Waals surface area contributed by atoms with Gasteiger partial charge in [0.25, 0.3) is 5.91 Å². The van der Waals surface area contributed by atoms with E-state index in [1.165, 1.54) is 12.1 Å². The molecule has 0 spiro atoms. The largest absolute Gasteiger partial charge is 0.484 e. The molecular weight excluding hydrogens is 338 g/mol. The number of ether oxygens (including phenoxy) is 1. The molecule has 1 saturated heterocycles. The quantitative estimate of drug-likeness (QED) is 0.707. The van der Waals surface area contributed by atoms with E-state index in [0.717, 1.165) is 0 Å². The van der Waals surface area contributed by atoms with Crippen LogP contribution in [0.25, 0.3) is 11.0 Å². The maximum absolute atomic E-state index is 11.8. The first kappa shape index (κ1) is 16.5. The molecule has 9 heteroatoms. The van der Waals surface area contributed by atoms with E-state index in [-0.39, 0.29) is 18.1 Å². The molecule has 0 radical (unpaired) electrons. The Bertz CT molecular complexity index is 934. The Hall–Kier alpha value is -2.39. The topological polar surface area (TPSA) is 123 Å². The molecule has 2 heterocycles. The van der Waals surface area contributed by atoms with Crippen LogP contribution in [-0.2, 0) is 14.6 Å². The number of benzene rings is 1. The normalized spacial score (nSPS) is 22.4. The second-order valence-electron chi connectivity index (χ2n) is 5.56. The highest BCUT2D eigenvalue weighted by Gasteiger charge is 2.37. The second-order valence-corrected chi connectivity index (χ2v) is 7.71. The summed E-state index contributed by atoms with van der Waals surface area (Å²) in [6, 6.07) is 6.86. The van der Waals surface area contributed by atoms with Gasteiger partial charge in [0.2, 0.25) is 0 Å². The third kappa shape index (κ3) is 3.74. The van der Waals surface area contributed by atoms with E-state index < -0.39 is 33.5 Å². The van der Waals surface area contributed by atoms with E-state index in [2.05, 4.69) is 5.32 Å². The number of hydrogen-bond acceptors (Lipinski definition) is 7. The van der Waals surface area contributed by atoms with Gasteiger partial charge in [-0.1, -0.05) is 0 Å². The highest BCUT2D eigenvalue weighted by Crippen LogP contribution is 2.19. The van der Waals surface area contributed by atoms with E-state index >= 15 is 0 Å². The van der Waals surface area contributed by atoms with E-state index in [1.807, 2.05) is 0 Å². The Kier molecular flexibility index (Phi) is 4.29. The first-order chi connectivity index (χ1) is 11.3.